The minimum absolute atomic E-state index is 0.244. The predicted octanol–water partition coefficient (Wildman–Crippen LogP) is 1.04. The van der Waals surface area contributed by atoms with Crippen molar-refractivity contribution >= 4 is 13.1 Å². The first-order valence-corrected chi connectivity index (χ1v) is 5.30. The third-order valence-electron chi connectivity index (χ3n) is 1.43. The number of furan rings is 1. The fourth-order valence-corrected chi connectivity index (χ4v) is 1.41. The summed E-state index contributed by atoms with van der Waals surface area (Å²) in [5.74, 6) is 0.621. The van der Waals surface area contributed by atoms with Crippen molar-refractivity contribution < 1.29 is 18.8 Å². The molecule has 1 aromatic heterocycles. The number of aryl methyl sites for hydroxylation is 1. The van der Waals surface area contributed by atoms with Gasteiger partial charge in [0.2, 0.25) is 5.50 Å². The summed E-state index contributed by atoms with van der Waals surface area (Å²) in [4.78, 5) is 17.4. The van der Waals surface area contributed by atoms with Crippen LogP contribution in [-0.2, 0) is 11.0 Å². The van der Waals surface area contributed by atoms with Crippen LogP contribution in [0.3, 0.4) is 0 Å². The topological polar surface area (TPSA) is 70.7 Å². The summed E-state index contributed by atoms with van der Waals surface area (Å²) >= 11 is 0. The summed E-state index contributed by atoms with van der Waals surface area (Å²) in [6.45, 7) is 1.97. The molecule has 0 radical (unpaired) electrons. The molecule has 0 saturated carbocycles. The molecule has 2 N–H and O–H groups in total. The number of rotatable bonds is 3. The van der Waals surface area contributed by atoms with E-state index in [1.54, 1.807) is 6.07 Å². The molecule has 1 aromatic rings. The highest BCUT2D eigenvalue weighted by Crippen LogP contribution is 2.33. The number of hydrogen-bond donors (Lipinski definition) is 2. The van der Waals surface area contributed by atoms with Gasteiger partial charge >= 0.3 is 7.60 Å². The summed E-state index contributed by atoms with van der Waals surface area (Å²) in [7, 11) is -4.19. The highest BCUT2D eigenvalue weighted by atomic mass is 31.2. The van der Waals surface area contributed by atoms with Crippen LogP contribution in [0.4, 0.5) is 0 Å². The van der Waals surface area contributed by atoms with Crippen LogP contribution >= 0.6 is 7.60 Å². The first kappa shape index (κ1) is 9.52. The maximum absolute atomic E-state index is 10.7. The maximum atomic E-state index is 10.7. The van der Waals surface area contributed by atoms with Crippen molar-refractivity contribution in [2.75, 3.05) is 0 Å². The molecular formula is C7H11O4P. The minimum atomic E-state index is -4.19. The summed E-state index contributed by atoms with van der Waals surface area (Å²) in [5, 5.41) is 0. The van der Waals surface area contributed by atoms with Crippen LogP contribution in [0.5, 0.6) is 0 Å². The van der Waals surface area contributed by atoms with E-state index in [0.29, 0.717) is 12.2 Å². The molecular weight excluding hydrogens is 179 g/mol. The largest absolute Gasteiger partial charge is 0.453 e. The van der Waals surface area contributed by atoms with Gasteiger partial charge in [-0.25, -0.2) is 0 Å². The van der Waals surface area contributed by atoms with E-state index >= 15 is 0 Å². The lowest BCUT2D eigenvalue weighted by Crippen LogP contribution is -1.98. The molecule has 5 heteroatoms. The maximum Gasteiger partial charge on any atom is 0.391 e. The third kappa shape index (κ3) is 2.21. The van der Waals surface area contributed by atoms with E-state index in [1.165, 1.54) is 6.07 Å². The molecule has 0 fully saturated rings. The van der Waals surface area contributed by atoms with E-state index in [9.17, 15) is 4.57 Å². The molecule has 0 unspecified atom stereocenters. The van der Waals surface area contributed by atoms with Crippen LogP contribution in [0.2, 0.25) is 0 Å². The van der Waals surface area contributed by atoms with Crippen molar-refractivity contribution in [1.82, 2.24) is 0 Å². The molecule has 4 nitrogen and oxygen atoms in total. The molecule has 0 aromatic carbocycles. The SMILES string of the molecule is CCCc1ccc(P(=O)(O)O)o1. The second kappa shape index (κ2) is 3.44. The average molecular weight is 190 g/mol. The Morgan fingerprint density at radius 1 is 1.50 bits per heavy atom. The first-order chi connectivity index (χ1) is 5.54. The average Bonchev–Trinajstić information content (AvgIpc) is 2.35. The molecule has 0 amide bonds. The van der Waals surface area contributed by atoms with Gasteiger partial charge in [-0.2, -0.15) is 0 Å². The zero-order chi connectivity index (χ0) is 9.19. The Kier molecular flexibility index (Phi) is 2.73. The Morgan fingerprint density at radius 2 is 2.17 bits per heavy atom. The van der Waals surface area contributed by atoms with Crippen molar-refractivity contribution in [3.05, 3.63) is 17.9 Å². The van der Waals surface area contributed by atoms with Gasteiger partial charge in [-0.3, -0.25) is 4.57 Å². The second-order valence-electron chi connectivity index (χ2n) is 2.53. The summed E-state index contributed by atoms with van der Waals surface area (Å²) < 4.78 is 15.6. The van der Waals surface area contributed by atoms with Gasteiger partial charge in [0.1, 0.15) is 5.76 Å². The first-order valence-electron chi connectivity index (χ1n) is 3.69. The lowest BCUT2D eigenvalue weighted by atomic mass is 10.3. The monoisotopic (exact) mass is 190 g/mol. The Hall–Kier alpha value is -0.570. The second-order valence-corrected chi connectivity index (χ2v) is 4.06. The van der Waals surface area contributed by atoms with Crippen molar-refractivity contribution in [1.29, 1.82) is 0 Å². The lowest BCUT2D eigenvalue weighted by Gasteiger charge is -1.97. The predicted molar refractivity (Wildman–Crippen MR) is 44.4 cm³/mol. The van der Waals surface area contributed by atoms with Crippen LogP contribution in [-0.4, -0.2) is 9.79 Å². The van der Waals surface area contributed by atoms with E-state index in [-0.39, 0.29) is 5.50 Å². The number of hydrogen-bond acceptors (Lipinski definition) is 2. The minimum Gasteiger partial charge on any atom is -0.453 e. The van der Waals surface area contributed by atoms with Gasteiger partial charge in [0.15, 0.2) is 0 Å². The van der Waals surface area contributed by atoms with Crippen LogP contribution in [0, 0.1) is 0 Å². The Balaban J connectivity index is 2.85. The van der Waals surface area contributed by atoms with Crippen LogP contribution < -0.4 is 5.50 Å². The molecule has 1 rings (SSSR count). The van der Waals surface area contributed by atoms with Gasteiger partial charge < -0.3 is 14.2 Å². The highest BCUT2D eigenvalue weighted by molar-refractivity contribution is 7.59. The van der Waals surface area contributed by atoms with Crippen molar-refractivity contribution in [2.45, 2.75) is 19.8 Å². The molecule has 0 saturated heterocycles. The molecule has 0 aliphatic heterocycles. The normalized spacial score (nSPS) is 11.9. The Bertz CT molecular complexity index is 298. The molecule has 68 valence electrons. The van der Waals surface area contributed by atoms with Gasteiger partial charge in [-0.15, -0.1) is 0 Å². The lowest BCUT2D eigenvalue weighted by molar-refractivity contribution is 0.374. The zero-order valence-corrected chi connectivity index (χ0v) is 7.62. The summed E-state index contributed by atoms with van der Waals surface area (Å²) in [5.41, 5.74) is -0.244. The van der Waals surface area contributed by atoms with Crippen LogP contribution in [0.1, 0.15) is 19.1 Å². The molecule has 0 spiro atoms. The van der Waals surface area contributed by atoms with Gasteiger partial charge in [0.05, 0.1) is 0 Å². The van der Waals surface area contributed by atoms with Crippen LogP contribution in [0.15, 0.2) is 16.5 Å². The quantitative estimate of drug-likeness (QED) is 0.698. The molecule has 0 bridgehead atoms. The molecule has 0 aliphatic rings. The van der Waals surface area contributed by atoms with E-state index in [1.807, 2.05) is 6.92 Å². The van der Waals surface area contributed by atoms with E-state index < -0.39 is 7.60 Å². The standard InChI is InChI=1S/C7H11O4P/c1-2-3-6-4-5-7(11-6)12(8,9)10/h4-5H,2-3H2,1H3,(H2,8,9,10). The van der Waals surface area contributed by atoms with Gasteiger partial charge in [0, 0.05) is 6.42 Å². The van der Waals surface area contributed by atoms with Crippen molar-refractivity contribution in [3.8, 4) is 0 Å². The fraction of sp³-hybridized carbons (Fsp3) is 0.429. The Morgan fingerprint density at radius 3 is 2.58 bits per heavy atom. The van der Waals surface area contributed by atoms with Gasteiger partial charge in [-0.1, -0.05) is 6.92 Å². The molecule has 0 atom stereocenters. The smallest absolute Gasteiger partial charge is 0.391 e. The van der Waals surface area contributed by atoms with Gasteiger partial charge in [-0.05, 0) is 18.6 Å². The van der Waals surface area contributed by atoms with Crippen molar-refractivity contribution in [3.63, 3.8) is 0 Å². The van der Waals surface area contributed by atoms with Crippen LogP contribution in [0.25, 0.3) is 0 Å². The molecule has 1 heterocycles. The van der Waals surface area contributed by atoms with E-state index in [2.05, 4.69) is 0 Å². The molecule has 12 heavy (non-hydrogen) atoms. The summed E-state index contributed by atoms with van der Waals surface area (Å²) in [6.07, 6.45) is 1.61. The fourth-order valence-electron chi connectivity index (χ4n) is 0.904. The molecule has 0 aliphatic carbocycles. The van der Waals surface area contributed by atoms with E-state index in [0.717, 1.165) is 6.42 Å². The highest BCUT2D eigenvalue weighted by Gasteiger charge is 2.21. The Labute approximate surface area is 70.4 Å². The van der Waals surface area contributed by atoms with Gasteiger partial charge in [0.25, 0.3) is 0 Å². The third-order valence-corrected chi connectivity index (χ3v) is 2.25. The zero-order valence-electron chi connectivity index (χ0n) is 6.73. The van der Waals surface area contributed by atoms with E-state index in [4.69, 9.17) is 14.2 Å². The van der Waals surface area contributed by atoms with Crippen molar-refractivity contribution in [2.24, 2.45) is 0 Å². The summed E-state index contributed by atoms with van der Waals surface area (Å²) in [6, 6.07) is 2.92.